The highest BCUT2D eigenvalue weighted by Gasteiger charge is 2.09. The molecule has 1 heterocycles. The second kappa shape index (κ2) is 5.51. The van der Waals surface area contributed by atoms with E-state index in [0.717, 1.165) is 11.6 Å². The van der Waals surface area contributed by atoms with Crippen LogP contribution in [0.3, 0.4) is 0 Å². The Kier molecular flexibility index (Phi) is 3.79. The first-order valence-electron chi connectivity index (χ1n) is 5.87. The monoisotopic (exact) mass is 262 g/mol. The van der Waals surface area contributed by atoms with Crippen molar-refractivity contribution in [1.29, 1.82) is 0 Å². The Hall–Kier alpha value is -2.37. The molecule has 2 aromatic rings. The number of nitrogens with two attached hydrogens (primary N) is 1. The Morgan fingerprint density at radius 3 is 2.95 bits per heavy atom. The van der Waals surface area contributed by atoms with Gasteiger partial charge in [-0.05, 0) is 30.2 Å². The lowest BCUT2D eigenvalue weighted by Crippen LogP contribution is -2.26. The molecular weight excluding hydrogens is 247 g/mol. The molecule has 0 unspecified atom stereocenters. The lowest BCUT2D eigenvalue weighted by atomic mass is 10.1. The summed E-state index contributed by atoms with van der Waals surface area (Å²) in [5, 5.41) is 6.78. The molecule has 0 aliphatic heterocycles. The number of benzene rings is 1. The minimum atomic E-state index is -0.454. The number of aromatic nitrogens is 2. The minimum absolute atomic E-state index is 0.138. The largest absolute Gasteiger partial charge is 0.398 e. The lowest BCUT2D eigenvalue weighted by molar-refractivity contribution is 0.0955. The molecule has 1 aromatic carbocycles. The van der Waals surface area contributed by atoms with Crippen molar-refractivity contribution >= 4 is 11.6 Å². The summed E-state index contributed by atoms with van der Waals surface area (Å²) >= 11 is 0. The normalized spacial score (nSPS) is 10.4. The molecule has 6 heteroatoms. The third-order valence-corrected chi connectivity index (χ3v) is 2.72. The molecule has 0 aliphatic carbocycles. The van der Waals surface area contributed by atoms with E-state index in [9.17, 15) is 9.18 Å². The molecule has 2 rings (SSSR count). The Morgan fingerprint density at radius 1 is 1.53 bits per heavy atom. The van der Waals surface area contributed by atoms with Gasteiger partial charge in [-0.3, -0.25) is 9.48 Å². The maximum absolute atomic E-state index is 12.9. The van der Waals surface area contributed by atoms with Crippen LogP contribution >= 0.6 is 0 Å². The zero-order valence-corrected chi connectivity index (χ0v) is 10.6. The van der Waals surface area contributed by atoms with E-state index in [0.29, 0.717) is 13.0 Å². The summed E-state index contributed by atoms with van der Waals surface area (Å²) in [6, 6.07) is 3.73. The number of rotatable bonds is 4. The quantitative estimate of drug-likeness (QED) is 0.811. The molecule has 0 saturated carbocycles. The third kappa shape index (κ3) is 3.31. The van der Waals surface area contributed by atoms with E-state index in [4.69, 9.17) is 5.73 Å². The second-order valence-electron chi connectivity index (χ2n) is 4.26. The molecule has 19 heavy (non-hydrogen) atoms. The fourth-order valence-corrected chi connectivity index (χ4v) is 1.76. The summed E-state index contributed by atoms with van der Waals surface area (Å²) in [4.78, 5) is 11.8. The van der Waals surface area contributed by atoms with Gasteiger partial charge in [0.1, 0.15) is 5.82 Å². The van der Waals surface area contributed by atoms with Crippen molar-refractivity contribution in [3.05, 3.63) is 47.5 Å². The van der Waals surface area contributed by atoms with Crippen LogP contribution in [-0.2, 0) is 13.5 Å². The first-order valence-corrected chi connectivity index (χ1v) is 5.87. The van der Waals surface area contributed by atoms with Gasteiger partial charge in [0.2, 0.25) is 0 Å². The van der Waals surface area contributed by atoms with Crippen LogP contribution in [0.15, 0.2) is 30.6 Å². The van der Waals surface area contributed by atoms with Crippen LogP contribution < -0.4 is 11.1 Å². The first-order chi connectivity index (χ1) is 9.06. The van der Waals surface area contributed by atoms with Crippen molar-refractivity contribution in [2.24, 2.45) is 7.05 Å². The van der Waals surface area contributed by atoms with E-state index in [-0.39, 0.29) is 17.2 Å². The summed E-state index contributed by atoms with van der Waals surface area (Å²) in [6.45, 7) is 0.474. The Balaban J connectivity index is 1.90. The average molecular weight is 262 g/mol. The van der Waals surface area contributed by atoms with Crippen molar-refractivity contribution in [3.8, 4) is 0 Å². The standard InChI is InChI=1S/C13H15FN4O/c1-18-8-9(7-17-18)4-5-16-13(19)11-3-2-10(14)6-12(11)15/h2-3,6-8H,4-5,15H2,1H3,(H,16,19). The number of nitrogens with zero attached hydrogens (tertiary/aromatic N) is 2. The lowest BCUT2D eigenvalue weighted by Gasteiger charge is -2.06. The predicted octanol–water partition coefficient (Wildman–Crippen LogP) is 1.11. The molecule has 0 aliphatic rings. The first kappa shape index (κ1) is 13.1. The molecule has 100 valence electrons. The van der Waals surface area contributed by atoms with Crippen molar-refractivity contribution in [1.82, 2.24) is 15.1 Å². The van der Waals surface area contributed by atoms with Gasteiger partial charge in [0.05, 0.1) is 11.8 Å². The second-order valence-corrected chi connectivity index (χ2v) is 4.26. The van der Waals surface area contributed by atoms with Gasteiger partial charge in [-0.1, -0.05) is 0 Å². The Labute approximate surface area is 110 Å². The van der Waals surface area contributed by atoms with Crippen LogP contribution in [-0.4, -0.2) is 22.2 Å². The maximum atomic E-state index is 12.9. The molecule has 5 nitrogen and oxygen atoms in total. The van der Waals surface area contributed by atoms with Crippen LogP contribution in [0, 0.1) is 5.82 Å². The number of aryl methyl sites for hydroxylation is 1. The molecule has 0 spiro atoms. The van der Waals surface area contributed by atoms with Gasteiger partial charge in [0.15, 0.2) is 0 Å². The molecule has 1 amide bonds. The molecule has 1 aromatic heterocycles. The highest BCUT2D eigenvalue weighted by atomic mass is 19.1. The van der Waals surface area contributed by atoms with E-state index >= 15 is 0 Å². The summed E-state index contributed by atoms with van der Waals surface area (Å²) in [7, 11) is 1.83. The number of amides is 1. The van der Waals surface area contributed by atoms with Crippen LogP contribution in [0.2, 0.25) is 0 Å². The number of nitrogens with one attached hydrogen (secondary N) is 1. The predicted molar refractivity (Wildman–Crippen MR) is 70.1 cm³/mol. The van der Waals surface area contributed by atoms with Gasteiger partial charge in [0, 0.05) is 25.5 Å². The molecule has 0 saturated heterocycles. The fourth-order valence-electron chi connectivity index (χ4n) is 1.76. The van der Waals surface area contributed by atoms with Crippen molar-refractivity contribution in [2.45, 2.75) is 6.42 Å². The van der Waals surface area contributed by atoms with Crippen molar-refractivity contribution in [2.75, 3.05) is 12.3 Å². The van der Waals surface area contributed by atoms with Crippen LogP contribution in [0.5, 0.6) is 0 Å². The summed E-state index contributed by atoms with van der Waals surface area (Å²) in [5.41, 5.74) is 7.05. The zero-order chi connectivity index (χ0) is 13.8. The van der Waals surface area contributed by atoms with Gasteiger partial charge < -0.3 is 11.1 Å². The van der Waals surface area contributed by atoms with Gasteiger partial charge in [-0.2, -0.15) is 5.10 Å². The highest BCUT2D eigenvalue weighted by Crippen LogP contribution is 2.13. The zero-order valence-electron chi connectivity index (χ0n) is 10.6. The smallest absolute Gasteiger partial charge is 0.253 e. The summed E-state index contributed by atoms with van der Waals surface area (Å²) < 4.78 is 14.6. The van der Waals surface area contributed by atoms with Gasteiger partial charge in [-0.15, -0.1) is 0 Å². The van der Waals surface area contributed by atoms with Gasteiger partial charge in [0.25, 0.3) is 5.91 Å². The number of carbonyl (C=O) groups excluding carboxylic acids is 1. The van der Waals surface area contributed by atoms with E-state index in [1.807, 2.05) is 13.2 Å². The molecule has 0 bridgehead atoms. The maximum Gasteiger partial charge on any atom is 0.253 e. The summed E-state index contributed by atoms with van der Waals surface area (Å²) in [6.07, 6.45) is 4.32. The molecule has 3 N–H and O–H groups in total. The van der Waals surface area contributed by atoms with Crippen LogP contribution in [0.4, 0.5) is 10.1 Å². The molecule has 0 atom stereocenters. The fraction of sp³-hybridized carbons (Fsp3) is 0.231. The highest BCUT2D eigenvalue weighted by molar-refractivity contribution is 5.99. The van der Waals surface area contributed by atoms with Crippen molar-refractivity contribution < 1.29 is 9.18 Å². The minimum Gasteiger partial charge on any atom is -0.398 e. The third-order valence-electron chi connectivity index (χ3n) is 2.72. The van der Waals surface area contributed by atoms with E-state index < -0.39 is 5.82 Å². The Morgan fingerprint density at radius 2 is 2.32 bits per heavy atom. The van der Waals surface area contributed by atoms with Gasteiger partial charge in [-0.25, -0.2) is 4.39 Å². The number of hydrogen-bond donors (Lipinski definition) is 2. The number of nitrogen functional groups attached to an aromatic ring is 1. The number of hydrogen-bond acceptors (Lipinski definition) is 3. The number of halogens is 1. The van der Waals surface area contributed by atoms with Crippen LogP contribution in [0.25, 0.3) is 0 Å². The SMILES string of the molecule is Cn1cc(CCNC(=O)c2ccc(F)cc2N)cn1. The average Bonchev–Trinajstić information content (AvgIpc) is 2.75. The van der Waals surface area contributed by atoms with E-state index in [2.05, 4.69) is 10.4 Å². The topological polar surface area (TPSA) is 72.9 Å². The van der Waals surface area contributed by atoms with Crippen molar-refractivity contribution in [3.63, 3.8) is 0 Å². The molecule has 0 fully saturated rings. The number of anilines is 1. The number of carbonyl (C=O) groups is 1. The molecule has 0 radical (unpaired) electrons. The van der Waals surface area contributed by atoms with E-state index in [1.165, 1.54) is 12.1 Å². The van der Waals surface area contributed by atoms with Gasteiger partial charge >= 0.3 is 0 Å². The van der Waals surface area contributed by atoms with Crippen LogP contribution in [0.1, 0.15) is 15.9 Å². The summed E-state index contributed by atoms with van der Waals surface area (Å²) in [5.74, 6) is -0.759. The Bertz CT molecular complexity index is 594. The molecular formula is C13H15FN4O. The van der Waals surface area contributed by atoms with E-state index in [1.54, 1.807) is 10.9 Å².